The predicted octanol–water partition coefficient (Wildman–Crippen LogP) is 2.34. The lowest BCUT2D eigenvalue weighted by molar-refractivity contribution is -0.000689. The van der Waals surface area contributed by atoms with E-state index in [2.05, 4.69) is 5.16 Å². The van der Waals surface area contributed by atoms with Crippen LogP contribution in [0.3, 0.4) is 0 Å². The van der Waals surface area contributed by atoms with Crippen LogP contribution in [0.4, 0.5) is 0 Å². The van der Waals surface area contributed by atoms with Gasteiger partial charge in [-0.2, -0.15) is 8.42 Å². The van der Waals surface area contributed by atoms with Gasteiger partial charge in [0.25, 0.3) is 10.1 Å². The van der Waals surface area contributed by atoms with Gasteiger partial charge >= 0.3 is 0 Å². The smallest absolute Gasteiger partial charge is 0.264 e. The van der Waals surface area contributed by atoms with E-state index in [1.165, 1.54) is 0 Å². The fourth-order valence-electron chi connectivity index (χ4n) is 1.28. The maximum atomic E-state index is 10.9. The van der Waals surface area contributed by atoms with Crippen molar-refractivity contribution in [3.05, 3.63) is 0 Å². The van der Waals surface area contributed by atoms with Gasteiger partial charge in [-0.1, -0.05) is 5.16 Å². The van der Waals surface area contributed by atoms with Crippen LogP contribution < -0.4 is 0 Å². The number of hydrogen-bond acceptors (Lipinski definition) is 6. The van der Waals surface area contributed by atoms with E-state index in [-0.39, 0.29) is 11.7 Å². The average Bonchev–Trinajstić information content (AvgIpc) is 2.22. The Morgan fingerprint density at radius 1 is 1.30 bits per heavy atom. The maximum absolute atomic E-state index is 10.9. The second-order valence-electron chi connectivity index (χ2n) is 5.84. The number of hydrogen-bond donors (Lipinski definition) is 0. The van der Waals surface area contributed by atoms with Crippen LogP contribution >= 0.6 is 0 Å². The molecule has 0 aromatic rings. The maximum Gasteiger partial charge on any atom is 0.264 e. The van der Waals surface area contributed by atoms with Crippen molar-refractivity contribution >= 4 is 15.8 Å². The van der Waals surface area contributed by atoms with Gasteiger partial charge in [0.15, 0.2) is 0 Å². The zero-order valence-corrected chi connectivity index (χ0v) is 14.1. The average molecular weight is 309 g/mol. The SMILES string of the molecule is CC(COCCCC(C)OS(C)(=O)=O)=NOC(C)(C)C. The molecule has 0 amide bonds. The zero-order chi connectivity index (χ0) is 15.8. The molecule has 0 aliphatic carbocycles. The number of ether oxygens (including phenoxy) is 1. The second-order valence-corrected chi connectivity index (χ2v) is 7.44. The van der Waals surface area contributed by atoms with Crippen molar-refractivity contribution in [1.29, 1.82) is 0 Å². The van der Waals surface area contributed by atoms with Crippen molar-refractivity contribution in [3.63, 3.8) is 0 Å². The highest BCUT2D eigenvalue weighted by atomic mass is 32.2. The summed E-state index contributed by atoms with van der Waals surface area (Å²) < 4.78 is 32.0. The van der Waals surface area contributed by atoms with E-state index in [4.69, 9.17) is 13.8 Å². The van der Waals surface area contributed by atoms with Crippen LogP contribution in [0, 0.1) is 0 Å². The van der Waals surface area contributed by atoms with E-state index in [9.17, 15) is 8.42 Å². The van der Waals surface area contributed by atoms with Crippen molar-refractivity contribution in [2.45, 2.75) is 59.2 Å². The number of nitrogens with zero attached hydrogens (tertiary/aromatic N) is 1. The fourth-order valence-corrected chi connectivity index (χ4v) is 1.97. The van der Waals surface area contributed by atoms with Gasteiger partial charge in [-0.05, 0) is 47.5 Å². The first-order chi connectivity index (χ1) is 8.99. The molecule has 0 fully saturated rings. The molecule has 1 atom stereocenters. The number of oxime groups is 1. The van der Waals surface area contributed by atoms with E-state index in [0.717, 1.165) is 18.4 Å². The summed E-state index contributed by atoms with van der Waals surface area (Å²) in [6, 6.07) is 0. The highest BCUT2D eigenvalue weighted by Gasteiger charge is 2.11. The molecule has 0 saturated carbocycles. The van der Waals surface area contributed by atoms with Gasteiger partial charge in [0.1, 0.15) is 5.60 Å². The van der Waals surface area contributed by atoms with Gasteiger partial charge in [0.2, 0.25) is 0 Å². The molecule has 6 nitrogen and oxygen atoms in total. The summed E-state index contributed by atoms with van der Waals surface area (Å²) in [5.74, 6) is 0. The van der Waals surface area contributed by atoms with E-state index in [1.54, 1.807) is 6.92 Å². The number of rotatable bonds is 9. The van der Waals surface area contributed by atoms with Crippen molar-refractivity contribution in [3.8, 4) is 0 Å². The lowest BCUT2D eigenvalue weighted by Gasteiger charge is -2.16. The summed E-state index contributed by atoms with van der Waals surface area (Å²) in [6.07, 6.45) is 2.08. The summed E-state index contributed by atoms with van der Waals surface area (Å²) in [5.41, 5.74) is 0.458. The lowest BCUT2D eigenvalue weighted by atomic mass is 10.2. The summed E-state index contributed by atoms with van der Waals surface area (Å²) in [5, 5.41) is 3.96. The molecule has 0 saturated heterocycles. The summed E-state index contributed by atoms with van der Waals surface area (Å²) >= 11 is 0. The third kappa shape index (κ3) is 13.8. The first-order valence-electron chi connectivity index (χ1n) is 6.67. The third-order valence-electron chi connectivity index (χ3n) is 2.02. The van der Waals surface area contributed by atoms with Crippen LogP contribution in [-0.4, -0.2) is 45.3 Å². The molecule has 0 aromatic heterocycles. The standard InChI is InChI=1S/C13H27NO5S/c1-11(14-19-13(3,4)5)10-17-9-7-8-12(2)18-20(6,15)16/h12H,7-10H2,1-6H3. The molecular weight excluding hydrogens is 282 g/mol. The summed E-state index contributed by atoms with van der Waals surface area (Å²) in [6.45, 7) is 10.3. The molecule has 0 heterocycles. The highest BCUT2D eigenvalue weighted by Crippen LogP contribution is 2.07. The molecule has 20 heavy (non-hydrogen) atoms. The van der Waals surface area contributed by atoms with E-state index >= 15 is 0 Å². The molecule has 0 bridgehead atoms. The molecule has 0 N–H and O–H groups in total. The molecule has 0 aromatic carbocycles. The van der Waals surface area contributed by atoms with Crippen LogP contribution in [0.5, 0.6) is 0 Å². The monoisotopic (exact) mass is 309 g/mol. The molecule has 0 aliphatic heterocycles. The van der Waals surface area contributed by atoms with Gasteiger partial charge in [0.05, 0.1) is 24.7 Å². The largest absolute Gasteiger partial charge is 0.390 e. The molecule has 0 spiro atoms. The Morgan fingerprint density at radius 2 is 1.90 bits per heavy atom. The van der Waals surface area contributed by atoms with Crippen molar-refractivity contribution in [2.24, 2.45) is 5.16 Å². The zero-order valence-electron chi connectivity index (χ0n) is 13.3. The third-order valence-corrected chi connectivity index (χ3v) is 2.70. The van der Waals surface area contributed by atoms with E-state index in [0.29, 0.717) is 19.6 Å². The van der Waals surface area contributed by atoms with Crippen LogP contribution in [0.25, 0.3) is 0 Å². The van der Waals surface area contributed by atoms with Crippen LogP contribution in [0.1, 0.15) is 47.5 Å². The molecule has 120 valence electrons. The van der Waals surface area contributed by atoms with Crippen molar-refractivity contribution < 1.29 is 22.2 Å². The minimum atomic E-state index is -3.38. The first kappa shape index (κ1) is 19.3. The lowest BCUT2D eigenvalue weighted by Crippen LogP contribution is -2.18. The van der Waals surface area contributed by atoms with Gasteiger partial charge in [-0.25, -0.2) is 0 Å². The molecule has 1 unspecified atom stereocenters. The fraction of sp³-hybridized carbons (Fsp3) is 0.923. The van der Waals surface area contributed by atoms with Gasteiger partial charge in [0, 0.05) is 6.61 Å². The Bertz CT molecular complexity index is 397. The molecule has 0 aliphatic rings. The Balaban J connectivity index is 3.72. The van der Waals surface area contributed by atoms with Crippen LogP contribution in [-0.2, 0) is 23.9 Å². The molecule has 0 rings (SSSR count). The Hall–Kier alpha value is -0.660. The molecule has 0 radical (unpaired) electrons. The van der Waals surface area contributed by atoms with Crippen LogP contribution in [0.2, 0.25) is 0 Å². The second kappa shape index (κ2) is 8.59. The van der Waals surface area contributed by atoms with Crippen molar-refractivity contribution in [1.82, 2.24) is 0 Å². The van der Waals surface area contributed by atoms with Gasteiger partial charge in [-0.15, -0.1) is 0 Å². The summed E-state index contributed by atoms with van der Waals surface area (Å²) in [4.78, 5) is 5.26. The predicted molar refractivity (Wildman–Crippen MR) is 79.4 cm³/mol. The Morgan fingerprint density at radius 3 is 2.40 bits per heavy atom. The van der Waals surface area contributed by atoms with E-state index in [1.807, 2.05) is 27.7 Å². The van der Waals surface area contributed by atoms with Crippen molar-refractivity contribution in [2.75, 3.05) is 19.5 Å². The Kier molecular flexibility index (Phi) is 8.30. The van der Waals surface area contributed by atoms with Crippen LogP contribution in [0.15, 0.2) is 5.16 Å². The minimum Gasteiger partial charge on any atom is -0.390 e. The molecular formula is C13H27NO5S. The topological polar surface area (TPSA) is 74.2 Å². The van der Waals surface area contributed by atoms with E-state index < -0.39 is 10.1 Å². The minimum absolute atomic E-state index is 0.306. The van der Waals surface area contributed by atoms with Gasteiger partial charge < -0.3 is 9.57 Å². The normalized spacial score (nSPS) is 15.2. The Labute approximate surface area is 122 Å². The highest BCUT2D eigenvalue weighted by molar-refractivity contribution is 7.86. The quantitative estimate of drug-likeness (QED) is 0.283. The first-order valence-corrected chi connectivity index (χ1v) is 8.49. The molecule has 7 heteroatoms. The summed E-state index contributed by atoms with van der Waals surface area (Å²) in [7, 11) is -3.38. The van der Waals surface area contributed by atoms with Gasteiger partial charge in [-0.3, -0.25) is 4.18 Å².